The molecule has 2 aliphatic heterocycles. The van der Waals surface area contributed by atoms with Crippen LogP contribution in [-0.4, -0.2) is 54.7 Å². The van der Waals surface area contributed by atoms with Gasteiger partial charge in [-0.25, -0.2) is 0 Å². The van der Waals surface area contributed by atoms with Gasteiger partial charge in [-0.2, -0.15) is 13.2 Å². The van der Waals surface area contributed by atoms with Crippen molar-refractivity contribution in [3.63, 3.8) is 0 Å². The maximum atomic E-state index is 13.2. The van der Waals surface area contributed by atoms with Crippen molar-refractivity contribution in [3.8, 4) is 11.5 Å². The van der Waals surface area contributed by atoms with Gasteiger partial charge in [0.25, 0.3) is 0 Å². The van der Waals surface area contributed by atoms with Crippen molar-refractivity contribution in [3.05, 3.63) is 59.7 Å². The highest BCUT2D eigenvalue weighted by molar-refractivity contribution is 5.78. The van der Waals surface area contributed by atoms with Crippen LogP contribution in [-0.2, 0) is 11.3 Å². The second-order valence-electron chi connectivity index (χ2n) is 7.88. The number of carbonyl (C=O) groups excluding carboxylic acids is 1. The van der Waals surface area contributed by atoms with Crippen LogP contribution in [0.3, 0.4) is 0 Å². The zero-order valence-corrected chi connectivity index (χ0v) is 17.1. The summed E-state index contributed by atoms with van der Waals surface area (Å²) >= 11 is 0. The van der Waals surface area contributed by atoms with Gasteiger partial charge in [-0.05, 0) is 42.6 Å². The Morgan fingerprint density at radius 3 is 2.55 bits per heavy atom. The Bertz CT molecular complexity index is 905. The van der Waals surface area contributed by atoms with Crippen molar-refractivity contribution in [1.29, 1.82) is 0 Å². The van der Waals surface area contributed by atoms with Crippen LogP contribution in [0.2, 0.25) is 0 Å². The van der Waals surface area contributed by atoms with Crippen molar-refractivity contribution in [2.24, 2.45) is 0 Å². The van der Waals surface area contributed by atoms with Crippen molar-refractivity contribution in [1.82, 2.24) is 9.80 Å². The molecule has 0 bridgehead atoms. The van der Waals surface area contributed by atoms with E-state index in [-0.39, 0.29) is 19.1 Å². The molecule has 1 fully saturated rings. The Morgan fingerprint density at radius 2 is 1.81 bits per heavy atom. The summed E-state index contributed by atoms with van der Waals surface area (Å²) < 4.78 is 50.7. The Labute approximate surface area is 179 Å². The molecule has 1 saturated heterocycles. The van der Waals surface area contributed by atoms with E-state index in [9.17, 15) is 18.0 Å². The summed E-state index contributed by atoms with van der Waals surface area (Å²) in [6.45, 7) is 0.269. The highest BCUT2D eigenvalue weighted by Crippen LogP contribution is 2.38. The quantitative estimate of drug-likeness (QED) is 0.684. The van der Waals surface area contributed by atoms with Gasteiger partial charge in [-0.15, -0.1) is 0 Å². The number of benzene rings is 2. The van der Waals surface area contributed by atoms with Crippen LogP contribution in [0.25, 0.3) is 0 Å². The molecule has 0 aromatic heterocycles. The number of likely N-dealkylation sites (tertiary alicyclic amines) is 1. The lowest BCUT2D eigenvalue weighted by Crippen LogP contribution is -2.44. The predicted molar refractivity (Wildman–Crippen MR) is 109 cm³/mol. The molecule has 1 atom stereocenters. The Morgan fingerprint density at radius 1 is 1.06 bits per heavy atom. The molecule has 2 heterocycles. The molecule has 2 aliphatic rings. The van der Waals surface area contributed by atoms with E-state index in [0.717, 1.165) is 23.3 Å². The Hall–Kier alpha value is -2.74. The lowest BCUT2D eigenvalue weighted by Gasteiger charge is -2.30. The number of nitrogens with zero attached hydrogens (tertiary/aromatic N) is 2. The van der Waals surface area contributed by atoms with Gasteiger partial charge >= 0.3 is 6.18 Å². The molecule has 0 N–H and O–H groups in total. The van der Waals surface area contributed by atoms with Gasteiger partial charge in [0.15, 0.2) is 11.5 Å². The number of carbonyl (C=O) groups is 1. The standard InChI is InChI=1S/C23H25F3N2O3/c24-23(25,26)16-28(14-17-5-2-1-3-6-17)22(29)15-27-10-4-7-19(27)18-8-9-20-21(13-18)31-12-11-30-20/h1-3,5-6,8-9,13,19H,4,7,10-12,14-16H2/t19-/m1/s1. The molecule has 2 aromatic rings. The smallest absolute Gasteiger partial charge is 0.406 e. The minimum Gasteiger partial charge on any atom is -0.486 e. The zero-order valence-electron chi connectivity index (χ0n) is 17.1. The van der Waals surface area contributed by atoms with Crippen LogP contribution in [0.15, 0.2) is 48.5 Å². The number of hydrogen-bond acceptors (Lipinski definition) is 4. The highest BCUT2D eigenvalue weighted by atomic mass is 19.4. The molecule has 1 amide bonds. The fourth-order valence-corrected chi connectivity index (χ4v) is 4.19. The molecule has 0 aliphatic carbocycles. The predicted octanol–water partition coefficient (Wildman–Crippen LogP) is 4.19. The molecular weight excluding hydrogens is 409 g/mol. The number of alkyl halides is 3. The van der Waals surface area contributed by atoms with Gasteiger partial charge in [-0.1, -0.05) is 36.4 Å². The maximum absolute atomic E-state index is 13.2. The molecule has 0 unspecified atom stereocenters. The van der Waals surface area contributed by atoms with Crippen LogP contribution >= 0.6 is 0 Å². The van der Waals surface area contributed by atoms with E-state index < -0.39 is 18.6 Å². The third-order valence-corrected chi connectivity index (χ3v) is 5.59. The summed E-state index contributed by atoms with van der Waals surface area (Å²) in [7, 11) is 0. The van der Waals surface area contributed by atoms with Gasteiger partial charge in [0, 0.05) is 12.6 Å². The normalized spacial score (nSPS) is 18.7. The summed E-state index contributed by atoms with van der Waals surface area (Å²) in [6.07, 6.45) is -2.74. The average molecular weight is 434 g/mol. The van der Waals surface area contributed by atoms with Crippen LogP contribution in [0, 0.1) is 0 Å². The van der Waals surface area contributed by atoms with E-state index in [0.29, 0.717) is 36.8 Å². The number of amides is 1. The molecule has 2 aromatic carbocycles. The molecule has 0 radical (unpaired) electrons. The third-order valence-electron chi connectivity index (χ3n) is 5.59. The lowest BCUT2D eigenvalue weighted by atomic mass is 10.0. The number of rotatable bonds is 6. The lowest BCUT2D eigenvalue weighted by molar-refractivity contribution is -0.163. The van der Waals surface area contributed by atoms with Gasteiger partial charge < -0.3 is 14.4 Å². The van der Waals surface area contributed by atoms with E-state index in [1.54, 1.807) is 30.3 Å². The molecule has 4 rings (SSSR count). The highest BCUT2D eigenvalue weighted by Gasteiger charge is 2.35. The molecule has 31 heavy (non-hydrogen) atoms. The second kappa shape index (κ2) is 9.18. The SMILES string of the molecule is O=C(CN1CCC[C@@H]1c1ccc2c(c1)OCCO2)N(Cc1ccccc1)CC(F)(F)F. The Kier molecular flexibility index (Phi) is 6.36. The van der Waals surface area contributed by atoms with Crippen LogP contribution in [0.1, 0.15) is 30.0 Å². The fourth-order valence-electron chi connectivity index (χ4n) is 4.19. The fraction of sp³-hybridized carbons (Fsp3) is 0.435. The third kappa shape index (κ3) is 5.50. The maximum Gasteiger partial charge on any atom is 0.406 e. The molecule has 8 heteroatoms. The molecule has 0 saturated carbocycles. The number of hydrogen-bond donors (Lipinski definition) is 0. The van der Waals surface area contributed by atoms with Gasteiger partial charge in [0.2, 0.25) is 5.91 Å². The number of ether oxygens (including phenoxy) is 2. The molecule has 5 nitrogen and oxygen atoms in total. The summed E-state index contributed by atoms with van der Waals surface area (Å²) in [5.74, 6) is 0.838. The van der Waals surface area contributed by atoms with Gasteiger partial charge in [0.1, 0.15) is 19.8 Å². The minimum absolute atomic E-state index is 0.0377. The first-order valence-electron chi connectivity index (χ1n) is 10.4. The summed E-state index contributed by atoms with van der Waals surface area (Å²) in [5, 5.41) is 0. The van der Waals surface area contributed by atoms with Crippen LogP contribution in [0.5, 0.6) is 11.5 Å². The van der Waals surface area contributed by atoms with E-state index >= 15 is 0 Å². The second-order valence-corrected chi connectivity index (χ2v) is 7.88. The van der Waals surface area contributed by atoms with E-state index in [1.807, 2.05) is 23.1 Å². The average Bonchev–Trinajstić information content (AvgIpc) is 3.21. The van der Waals surface area contributed by atoms with Crippen LogP contribution in [0.4, 0.5) is 13.2 Å². The van der Waals surface area contributed by atoms with E-state index in [1.165, 1.54) is 0 Å². The van der Waals surface area contributed by atoms with Crippen molar-refractivity contribution >= 4 is 5.91 Å². The first kappa shape index (κ1) is 21.5. The van der Waals surface area contributed by atoms with E-state index in [4.69, 9.17) is 9.47 Å². The largest absolute Gasteiger partial charge is 0.486 e. The van der Waals surface area contributed by atoms with Crippen molar-refractivity contribution < 1.29 is 27.4 Å². The van der Waals surface area contributed by atoms with Crippen LogP contribution < -0.4 is 9.47 Å². The van der Waals surface area contributed by atoms with Gasteiger partial charge in [-0.3, -0.25) is 9.69 Å². The topological polar surface area (TPSA) is 42.0 Å². The van der Waals surface area contributed by atoms with Gasteiger partial charge in [0.05, 0.1) is 6.54 Å². The molecule has 166 valence electrons. The first-order chi connectivity index (χ1) is 14.9. The first-order valence-corrected chi connectivity index (χ1v) is 10.4. The number of halogens is 3. The van der Waals surface area contributed by atoms with Crippen molar-refractivity contribution in [2.75, 3.05) is 32.8 Å². The zero-order chi connectivity index (χ0) is 21.8. The monoisotopic (exact) mass is 434 g/mol. The van der Waals surface area contributed by atoms with E-state index in [2.05, 4.69) is 0 Å². The molecular formula is C23H25F3N2O3. The summed E-state index contributed by atoms with van der Waals surface area (Å²) in [4.78, 5) is 15.8. The minimum atomic E-state index is -4.45. The molecule has 0 spiro atoms. The van der Waals surface area contributed by atoms with Crippen molar-refractivity contribution in [2.45, 2.75) is 31.6 Å². The number of fused-ring (bicyclic) bond motifs is 1. The summed E-state index contributed by atoms with van der Waals surface area (Å²) in [5.41, 5.74) is 1.66. The Balaban J connectivity index is 1.48. The summed E-state index contributed by atoms with van der Waals surface area (Å²) in [6, 6.07) is 14.4.